The number of thiophene rings is 1. The topological polar surface area (TPSA) is 88.9 Å². The van der Waals surface area contributed by atoms with Gasteiger partial charge in [0.25, 0.3) is 11.8 Å². The molecule has 1 aliphatic carbocycles. The molecule has 3 aromatic rings. The van der Waals surface area contributed by atoms with E-state index in [4.69, 9.17) is 0 Å². The number of fused-ring (bicyclic) bond motifs is 1. The quantitative estimate of drug-likeness (QED) is 0.665. The first-order valence-corrected chi connectivity index (χ1v) is 10.1. The highest BCUT2D eigenvalue weighted by Gasteiger charge is 2.23. The Hall–Kier alpha value is -3.00. The minimum Gasteiger partial charge on any atom is -0.267 e. The van der Waals surface area contributed by atoms with E-state index in [1.165, 1.54) is 28.0 Å². The summed E-state index contributed by atoms with van der Waals surface area (Å²) in [5.41, 5.74) is 7.44. The molecule has 7 nitrogen and oxygen atoms in total. The highest BCUT2D eigenvalue weighted by molar-refractivity contribution is 7.14. The molecule has 3 heterocycles. The minimum absolute atomic E-state index is 0.0428. The fraction of sp³-hybridized carbons (Fsp3) is 0.300. The van der Waals surface area contributed by atoms with Gasteiger partial charge >= 0.3 is 0 Å². The van der Waals surface area contributed by atoms with E-state index in [0.29, 0.717) is 16.3 Å². The maximum atomic E-state index is 12.7. The van der Waals surface area contributed by atoms with Crippen molar-refractivity contribution in [3.05, 3.63) is 63.2 Å². The number of carbonyl (C=O) groups is 2. The number of pyridine rings is 1. The summed E-state index contributed by atoms with van der Waals surface area (Å²) in [6.07, 6.45) is 6.39. The third-order valence-electron chi connectivity index (χ3n) is 4.72. The lowest BCUT2D eigenvalue weighted by atomic mass is 10.1. The molecule has 1 aliphatic rings. The van der Waals surface area contributed by atoms with Crippen LogP contribution in [-0.4, -0.2) is 26.6 Å². The number of hydrazine groups is 1. The van der Waals surface area contributed by atoms with E-state index in [0.717, 1.165) is 25.0 Å². The number of aromatic nitrogens is 3. The van der Waals surface area contributed by atoms with E-state index in [2.05, 4.69) is 20.9 Å². The Morgan fingerprint density at radius 3 is 2.71 bits per heavy atom. The summed E-state index contributed by atoms with van der Waals surface area (Å²) >= 11 is 1.50. The molecule has 8 heteroatoms. The summed E-state index contributed by atoms with van der Waals surface area (Å²) in [6.45, 7) is 3.97. The van der Waals surface area contributed by atoms with Crippen LogP contribution in [0.5, 0.6) is 0 Å². The van der Waals surface area contributed by atoms with E-state index in [1.54, 1.807) is 10.9 Å². The van der Waals surface area contributed by atoms with Crippen LogP contribution in [0.3, 0.4) is 0 Å². The Balaban J connectivity index is 1.50. The molecule has 2 amide bonds. The van der Waals surface area contributed by atoms with E-state index in [-0.39, 0.29) is 11.8 Å². The summed E-state index contributed by atoms with van der Waals surface area (Å²) in [5, 5.41) is 4.33. The molecule has 4 rings (SSSR count). The molecular formula is C20H21N5O2S. The van der Waals surface area contributed by atoms with Gasteiger partial charge in [-0.3, -0.25) is 20.4 Å². The first-order valence-electron chi connectivity index (χ1n) is 9.26. The molecule has 0 fully saturated rings. The van der Waals surface area contributed by atoms with E-state index in [9.17, 15) is 9.59 Å². The van der Waals surface area contributed by atoms with Gasteiger partial charge in [-0.2, -0.15) is 5.10 Å². The van der Waals surface area contributed by atoms with Crippen molar-refractivity contribution in [1.29, 1.82) is 0 Å². The molecule has 0 aromatic carbocycles. The van der Waals surface area contributed by atoms with Crippen molar-refractivity contribution >= 4 is 23.2 Å². The number of nitrogens with one attached hydrogen (secondary N) is 2. The lowest BCUT2D eigenvalue weighted by Crippen LogP contribution is -2.41. The van der Waals surface area contributed by atoms with Gasteiger partial charge in [0.2, 0.25) is 0 Å². The van der Waals surface area contributed by atoms with Crippen LogP contribution in [0.2, 0.25) is 0 Å². The Labute approximate surface area is 166 Å². The van der Waals surface area contributed by atoms with Gasteiger partial charge in [0.1, 0.15) is 0 Å². The van der Waals surface area contributed by atoms with Gasteiger partial charge in [0, 0.05) is 11.1 Å². The average Bonchev–Trinajstić information content (AvgIpc) is 3.40. The Morgan fingerprint density at radius 1 is 1.18 bits per heavy atom. The molecule has 28 heavy (non-hydrogen) atoms. The van der Waals surface area contributed by atoms with Crippen molar-refractivity contribution < 1.29 is 9.59 Å². The molecule has 0 spiro atoms. The lowest BCUT2D eigenvalue weighted by Gasteiger charge is -2.12. The Morgan fingerprint density at radius 2 is 2.00 bits per heavy atom. The smallest absolute Gasteiger partial charge is 0.267 e. The second-order valence-electron chi connectivity index (χ2n) is 7.02. The van der Waals surface area contributed by atoms with Gasteiger partial charge in [-0.25, -0.2) is 9.67 Å². The molecule has 144 valence electrons. The number of aryl methyl sites for hydroxylation is 2. The molecule has 0 bridgehead atoms. The zero-order valence-electron chi connectivity index (χ0n) is 15.7. The standard InChI is InChI=1S/C20H21N5O2S/c1-12(2)18-14(11-22-25(18)17-8-3-4-9-21-17)19(26)23-24-20(27)16-10-13-6-5-7-15(13)28-16/h3-4,8-12H,5-7H2,1-2H3,(H,23,26)(H,24,27). The number of carbonyl (C=O) groups excluding carboxylic acids is 2. The van der Waals surface area contributed by atoms with Crippen LogP contribution >= 0.6 is 11.3 Å². The van der Waals surface area contributed by atoms with Crippen molar-refractivity contribution in [3.63, 3.8) is 0 Å². The van der Waals surface area contributed by atoms with Crippen molar-refractivity contribution in [3.8, 4) is 5.82 Å². The molecule has 0 atom stereocenters. The number of hydrogen-bond acceptors (Lipinski definition) is 5. The second-order valence-corrected chi connectivity index (χ2v) is 8.16. The largest absolute Gasteiger partial charge is 0.279 e. The molecular weight excluding hydrogens is 374 g/mol. The summed E-state index contributed by atoms with van der Waals surface area (Å²) in [4.78, 5) is 31.3. The molecule has 0 unspecified atom stereocenters. The van der Waals surface area contributed by atoms with E-state index >= 15 is 0 Å². The molecule has 0 radical (unpaired) electrons. The van der Waals surface area contributed by atoms with Gasteiger partial charge in [-0.1, -0.05) is 19.9 Å². The van der Waals surface area contributed by atoms with E-state index < -0.39 is 5.91 Å². The Bertz CT molecular complexity index is 1000. The minimum atomic E-state index is -0.400. The van der Waals surface area contributed by atoms with Crippen LogP contribution in [0, 0.1) is 0 Å². The van der Waals surface area contributed by atoms with Crippen LogP contribution in [0.4, 0.5) is 0 Å². The summed E-state index contributed by atoms with van der Waals surface area (Å²) in [5.74, 6) is -0.0112. The zero-order chi connectivity index (χ0) is 19.7. The number of nitrogens with zero attached hydrogens (tertiary/aromatic N) is 3. The second kappa shape index (κ2) is 7.55. The normalized spacial score (nSPS) is 12.8. The average molecular weight is 395 g/mol. The van der Waals surface area contributed by atoms with Crippen LogP contribution in [0.15, 0.2) is 36.7 Å². The molecule has 0 aliphatic heterocycles. The zero-order valence-corrected chi connectivity index (χ0v) is 16.5. The summed E-state index contributed by atoms with van der Waals surface area (Å²) in [7, 11) is 0. The molecule has 0 saturated heterocycles. The number of rotatable bonds is 4. The van der Waals surface area contributed by atoms with Gasteiger partial charge in [0.15, 0.2) is 5.82 Å². The molecule has 0 saturated carbocycles. The molecule has 3 aromatic heterocycles. The fourth-order valence-electron chi connectivity index (χ4n) is 3.43. The van der Waals surface area contributed by atoms with Crippen LogP contribution in [0.25, 0.3) is 5.82 Å². The highest BCUT2D eigenvalue weighted by Crippen LogP contribution is 2.30. The van der Waals surface area contributed by atoms with Crippen molar-refractivity contribution in [2.75, 3.05) is 0 Å². The van der Waals surface area contributed by atoms with E-state index in [1.807, 2.05) is 38.1 Å². The third kappa shape index (κ3) is 3.43. The first-order chi connectivity index (χ1) is 13.5. The van der Waals surface area contributed by atoms with Crippen LogP contribution < -0.4 is 10.9 Å². The van der Waals surface area contributed by atoms with Crippen molar-refractivity contribution in [1.82, 2.24) is 25.6 Å². The first kappa shape index (κ1) is 18.4. The summed E-state index contributed by atoms with van der Waals surface area (Å²) < 4.78 is 1.66. The molecule has 2 N–H and O–H groups in total. The maximum Gasteiger partial charge on any atom is 0.279 e. The third-order valence-corrected chi connectivity index (χ3v) is 5.96. The maximum absolute atomic E-state index is 12.7. The monoisotopic (exact) mass is 395 g/mol. The summed E-state index contributed by atoms with van der Waals surface area (Å²) in [6, 6.07) is 7.45. The lowest BCUT2D eigenvalue weighted by molar-refractivity contribution is 0.0848. The highest BCUT2D eigenvalue weighted by atomic mass is 32.1. The number of hydrogen-bond donors (Lipinski definition) is 2. The number of amides is 2. The van der Waals surface area contributed by atoms with Gasteiger partial charge in [0.05, 0.1) is 22.3 Å². The fourth-order valence-corrected chi connectivity index (χ4v) is 4.58. The van der Waals surface area contributed by atoms with Crippen molar-refractivity contribution in [2.24, 2.45) is 0 Å². The van der Waals surface area contributed by atoms with Crippen LogP contribution in [-0.2, 0) is 12.8 Å². The predicted molar refractivity (Wildman–Crippen MR) is 107 cm³/mol. The SMILES string of the molecule is CC(C)c1c(C(=O)NNC(=O)c2cc3c(s2)CCC3)cnn1-c1ccccn1. The van der Waals surface area contributed by atoms with Gasteiger partial charge in [-0.15, -0.1) is 11.3 Å². The Kier molecular flexibility index (Phi) is 4.95. The van der Waals surface area contributed by atoms with Crippen LogP contribution in [0.1, 0.15) is 62.4 Å². The van der Waals surface area contributed by atoms with Gasteiger partial charge in [-0.05, 0) is 48.9 Å². The van der Waals surface area contributed by atoms with Gasteiger partial charge < -0.3 is 0 Å². The predicted octanol–water partition coefficient (Wildman–Crippen LogP) is 3.02. The van der Waals surface area contributed by atoms with Crippen molar-refractivity contribution in [2.45, 2.75) is 39.0 Å².